The zero-order valence-corrected chi connectivity index (χ0v) is 11.9. The molecule has 0 heterocycles. The number of aliphatic hydroxyl groups excluding tert-OH is 1. The second-order valence-corrected chi connectivity index (χ2v) is 5.19. The molecule has 0 aliphatic heterocycles. The van der Waals surface area contributed by atoms with Crippen LogP contribution in [0.25, 0.3) is 0 Å². The predicted octanol–water partition coefficient (Wildman–Crippen LogP) is 4.42. The minimum atomic E-state index is -1.68. The maximum atomic E-state index is 13.8. The van der Waals surface area contributed by atoms with E-state index in [4.69, 9.17) is 0 Å². The molecule has 2 rings (SSSR count). The first-order valence-corrected chi connectivity index (χ1v) is 6.55. The van der Waals surface area contributed by atoms with E-state index in [1.54, 1.807) is 0 Å². The van der Waals surface area contributed by atoms with Crippen LogP contribution >= 0.6 is 15.9 Å². The van der Waals surface area contributed by atoms with Crippen LogP contribution < -0.4 is 0 Å². The second-order valence-electron chi connectivity index (χ2n) is 4.34. The lowest BCUT2D eigenvalue weighted by Gasteiger charge is -2.13. The molecule has 0 fully saturated rings. The fourth-order valence-electron chi connectivity index (χ4n) is 1.83. The van der Waals surface area contributed by atoms with Crippen molar-refractivity contribution in [3.05, 3.63) is 69.0 Å². The molecule has 0 aliphatic rings. The van der Waals surface area contributed by atoms with Crippen LogP contribution in [0.1, 0.15) is 17.2 Å². The molecule has 0 spiro atoms. The van der Waals surface area contributed by atoms with Gasteiger partial charge in [-0.25, -0.2) is 22.0 Å². The van der Waals surface area contributed by atoms with Crippen LogP contribution in [0.2, 0.25) is 0 Å². The largest absolute Gasteiger partial charge is 0.388 e. The normalized spacial score (nSPS) is 12.5. The molecule has 0 aliphatic carbocycles. The first-order valence-electron chi connectivity index (χ1n) is 5.76. The van der Waals surface area contributed by atoms with Crippen LogP contribution in [-0.2, 0) is 6.42 Å². The lowest BCUT2D eigenvalue weighted by Crippen LogP contribution is -2.08. The van der Waals surface area contributed by atoms with Crippen LogP contribution in [0.4, 0.5) is 22.0 Å². The predicted molar refractivity (Wildman–Crippen MR) is 69.0 cm³/mol. The van der Waals surface area contributed by atoms with E-state index in [9.17, 15) is 27.1 Å². The molecule has 2 aromatic carbocycles. The standard InChI is InChI=1S/C14H8BrF5O/c15-8-1-2-9(16)7(13(8)19)5-12(21)6-3-10(17)14(20)11(18)4-6/h1-4,12,21H,5H2. The molecule has 7 heteroatoms. The first kappa shape index (κ1) is 15.9. The van der Waals surface area contributed by atoms with E-state index >= 15 is 0 Å². The van der Waals surface area contributed by atoms with E-state index in [1.807, 2.05) is 0 Å². The highest BCUT2D eigenvalue weighted by molar-refractivity contribution is 9.10. The summed E-state index contributed by atoms with van der Waals surface area (Å²) in [7, 11) is 0. The number of rotatable bonds is 3. The van der Waals surface area contributed by atoms with E-state index in [1.165, 1.54) is 0 Å². The highest BCUT2D eigenvalue weighted by Gasteiger charge is 2.20. The highest BCUT2D eigenvalue weighted by Crippen LogP contribution is 2.27. The van der Waals surface area contributed by atoms with Gasteiger partial charge in [-0.05, 0) is 45.8 Å². The quantitative estimate of drug-likeness (QED) is 0.484. The average Bonchev–Trinajstić information content (AvgIpc) is 2.44. The van der Waals surface area contributed by atoms with E-state index in [0.717, 1.165) is 12.1 Å². The zero-order valence-electron chi connectivity index (χ0n) is 10.3. The van der Waals surface area contributed by atoms with Crippen molar-refractivity contribution in [3.8, 4) is 0 Å². The summed E-state index contributed by atoms with van der Waals surface area (Å²) < 4.78 is 66.3. The third-order valence-electron chi connectivity index (χ3n) is 2.93. The Labute approximate surface area is 125 Å². The third-order valence-corrected chi connectivity index (χ3v) is 3.54. The summed E-state index contributed by atoms with van der Waals surface area (Å²) >= 11 is 2.87. The summed E-state index contributed by atoms with van der Waals surface area (Å²) in [6, 6.07) is 3.30. The maximum absolute atomic E-state index is 13.8. The molecule has 1 nitrogen and oxygen atoms in total. The van der Waals surface area contributed by atoms with E-state index < -0.39 is 47.2 Å². The van der Waals surface area contributed by atoms with Gasteiger partial charge >= 0.3 is 0 Å². The smallest absolute Gasteiger partial charge is 0.194 e. The molecular formula is C14H8BrF5O. The first-order chi connectivity index (χ1) is 9.81. The summed E-state index contributed by atoms with van der Waals surface area (Å²) in [6.45, 7) is 0. The Morgan fingerprint density at radius 2 is 1.48 bits per heavy atom. The maximum Gasteiger partial charge on any atom is 0.194 e. The summed E-state index contributed by atoms with van der Waals surface area (Å²) in [5, 5.41) is 9.85. The van der Waals surface area contributed by atoms with Crippen LogP contribution in [0.5, 0.6) is 0 Å². The van der Waals surface area contributed by atoms with Gasteiger partial charge in [0.2, 0.25) is 0 Å². The van der Waals surface area contributed by atoms with Gasteiger partial charge < -0.3 is 5.11 Å². The lowest BCUT2D eigenvalue weighted by molar-refractivity contribution is 0.174. The average molecular weight is 367 g/mol. The van der Waals surface area contributed by atoms with Gasteiger partial charge in [-0.2, -0.15) is 0 Å². The fraction of sp³-hybridized carbons (Fsp3) is 0.143. The highest BCUT2D eigenvalue weighted by atomic mass is 79.9. The van der Waals surface area contributed by atoms with Gasteiger partial charge in [0.25, 0.3) is 0 Å². The Morgan fingerprint density at radius 3 is 2.05 bits per heavy atom. The van der Waals surface area contributed by atoms with Gasteiger partial charge in [0.05, 0.1) is 10.6 Å². The monoisotopic (exact) mass is 366 g/mol. The van der Waals surface area contributed by atoms with Gasteiger partial charge in [0.1, 0.15) is 11.6 Å². The van der Waals surface area contributed by atoms with Crippen LogP contribution in [0.15, 0.2) is 28.7 Å². The number of benzene rings is 2. The van der Waals surface area contributed by atoms with Crippen LogP contribution in [-0.4, -0.2) is 5.11 Å². The zero-order chi connectivity index (χ0) is 15.7. The van der Waals surface area contributed by atoms with Gasteiger partial charge in [-0.3, -0.25) is 0 Å². The van der Waals surface area contributed by atoms with Crippen molar-refractivity contribution in [2.24, 2.45) is 0 Å². The van der Waals surface area contributed by atoms with Crippen molar-refractivity contribution < 1.29 is 27.1 Å². The van der Waals surface area contributed by atoms with Gasteiger partial charge in [-0.15, -0.1) is 0 Å². The van der Waals surface area contributed by atoms with Gasteiger partial charge in [0, 0.05) is 12.0 Å². The molecule has 0 saturated carbocycles. The van der Waals surface area contributed by atoms with Crippen molar-refractivity contribution in [1.29, 1.82) is 0 Å². The molecule has 0 saturated heterocycles. The SMILES string of the molecule is OC(Cc1c(F)ccc(Br)c1F)c1cc(F)c(F)c(F)c1. The Bertz CT molecular complexity index is 666. The molecule has 0 radical (unpaired) electrons. The molecule has 2 aromatic rings. The molecule has 21 heavy (non-hydrogen) atoms. The van der Waals surface area contributed by atoms with E-state index in [2.05, 4.69) is 15.9 Å². The molecule has 0 bridgehead atoms. The van der Waals surface area contributed by atoms with Crippen molar-refractivity contribution in [2.75, 3.05) is 0 Å². The number of halogens is 6. The van der Waals surface area contributed by atoms with Crippen LogP contribution in [0.3, 0.4) is 0 Å². The topological polar surface area (TPSA) is 20.2 Å². The van der Waals surface area contributed by atoms with Gasteiger partial charge in [0.15, 0.2) is 17.5 Å². The molecule has 112 valence electrons. The summed E-state index contributed by atoms with van der Waals surface area (Å²) in [4.78, 5) is 0. The Morgan fingerprint density at radius 1 is 0.905 bits per heavy atom. The minimum Gasteiger partial charge on any atom is -0.388 e. The van der Waals surface area contributed by atoms with Crippen LogP contribution in [0, 0.1) is 29.1 Å². The fourth-order valence-corrected chi connectivity index (χ4v) is 2.21. The minimum absolute atomic E-state index is 0.0115. The second kappa shape index (κ2) is 6.11. The van der Waals surface area contributed by atoms with Crippen molar-refractivity contribution in [1.82, 2.24) is 0 Å². The Hall–Kier alpha value is -1.47. The Kier molecular flexibility index (Phi) is 4.63. The van der Waals surface area contributed by atoms with E-state index in [-0.39, 0.29) is 10.0 Å². The van der Waals surface area contributed by atoms with Crippen molar-refractivity contribution in [3.63, 3.8) is 0 Å². The van der Waals surface area contributed by atoms with Gasteiger partial charge in [-0.1, -0.05) is 0 Å². The molecule has 1 unspecified atom stereocenters. The molecule has 1 atom stereocenters. The third kappa shape index (κ3) is 3.24. The van der Waals surface area contributed by atoms with Crippen molar-refractivity contribution in [2.45, 2.75) is 12.5 Å². The number of hydrogen-bond acceptors (Lipinski definition) is 1. The van der Waals surface area contributed by atoms with Crippen molar-refractivity contribution >= 4 is 15.9 Å². The number of aliphatic hydroxyl groups is 1. The number of hydrogen-bond donors (Lipinski definition) is 1. The molecular weight excluding hydrogens is 359 g/mol. The molecule has 0 aromatic heterocycles. The molecule has 1 N–H and O–H groups in total. The summed E-state index contributed by atoms with van der Waals surface area (Å²) in [5.41, 5.74) is -0.757. The Balaban J connectivity index is 2.35. The molecule has 0 amide bonds. The van der Waals surface area contributed by atoms with E-state index in [0.29, 0.717) is 12.1 Å². The summed E-state index contributed by atoms with van der Waals surface area (Å²) in [6.07, 6.45) is -2.14. The lowest BCUT2D eigenvalue weighted by atomic mass is 10.0. The summed E-state index contributed by atoms with van der Waals surface area (Å²) in [5.74, 6) is -6.47.